The summed E-state index contributed by atoms with van der Waals surface area (Å²) in [5.41, 5.74) is 8.16. The van der Waals surface area contributed by atoms with Crippen molar-refractivity contribution < 1.29 is 0 Å². The van der Waals surface area contributed by atoms with E-state index in [2.05, 4.69) is 6.92 Å². The highest BCUT2D eigenvalue weighted by atomic mass is 14.9. The van der Waals surface area contributed by atoms with Crippen molar-refractivity contribution >= 4 is 0 Å². The Kier molecular flexibility index (Phi) is 2.88. The summed E-state index contributed by atoms with van der Waals surface area (Å²) in [5.74, 6) is 5.47. The molecule has 4 fully saturated rings. The second-order valence-corrected chi connectivity index (χ2v) is 7.51. The van der Waals surface area contributed by atoms with Crippen LogP contribution in [0.2, 0.25) is 0 Å². The highest BCUT2D eigenvalue weighted by Crippen LogP contribution is 2.59. The molecule has 20 heavy (non-hydrogen) atoms. The van der Waals surface area contributed by atoms with E-state index in [1.165, 1.54) is 32.1 Å². The zero-order chi connectivity index (χ0) is 13.9. The van der Waals surface area contributed by atoms with E-state index in [9.17, 15) is 0 Å². The first-order chi connectivity index (χ1) is 9.61. The van der Waals surface area contributed by atoms with Gasteiger partial charge in [0.2, 0.25) is 0 Å². The van der Waals surface area contributed by atoms with E-state index < -0.39 is 0 Å². The van der Waals surface area contributed by atoms with Crippen molar-refractivity contribution in [3.8, 4) is 0 Å². The largest absolute Gasteiger partial charge is 0.324 e. The summed E-state index contributed by atoms with van der Waals surface area (Å²) in [6, 6.07) is 0.0301. The molecule has 1 aromatic rings. The summed E-state index contributed by atoms with van der Waals surface area (Å²) in [6.07, 6.45) is 9.19. The van der Waals surface area contributed by atoms with Crippen molar-refractivity contribution in [3.05, 3.63) is 23.3 Å². The third-order valence-corrected chi connectivity index (χ3v) is 6.05. The second-order valence-electron chi connectivity index (χ2n) is 7.51. The molecule has 0 radical (unpaired) electrons. The van der Waals surface area contributed by atoms with Crippen LogP contribution in [0.4, 0.5) is 0 Å². The van der Waals surface area contributed by atoms with E-state index in [0.717, 1.165) is 40.8 Å². The number of rotatable bonds is 2. The Hall–Kier alpha value is -0.960. The highest BCUT2D eigenvalue weighted by molar-refractivity contribution is 5.22. The van der Waals surface area contributed by atoms with Gasteiger partial charge >= 0.3 is 0 Å². The molecule has 1 atom stereocenters. The lowest BCUT2D eigenvalue weighted by atomic mass is 9.51. The van der Waals surface area contributed by atoms with Gasteiger partial charge in [0.25, 0.3) is 0 Å². The summed E-state index contributed by atoms with van der Waals surface area (Å²) in [6.45, 7) is 4.09. The maximum absolute atomic E-state index is 5.98. The summed E-state index contributed by atoms with van der Waals surface area (Å²) >= 11 is 0. The molecule has 1 unspecified atom stereocenters. The van der Waals surface area contributed by atoms with Gasteiger partial charge in [-0.05, 0) is 69.6 Å². The Morgan fingerprint density at radius 2 is 1.70 bits per heavy atom. The molecule has 4 bridgehead atoms. The lowest BCUT2D eigenvalue weighted by molar-refractivity contribution is -0.00572. The molecule has 108 valence electrons. The minimum Gasteiger partial charge on any atom is -0.324 e. The van der Waals surface area contributed by atoms with Crippen molar-refractivity contribution in [2.24, 2.45) is 29.4 Å². The maximum atomic E-state index is 5.98. The first-order valence-corrected chi connectivity index (χ1v) is 8.20. The molecule has 0 aliphatic heterocycles. The summed E-state index contributed by atoms with van der Waals surface area (Å²) in [4.78, 5) is 9.57. The zero-order valence-electron chi connectivity index (χ0n) is 12.5. The third kappa shape index (κ3) is 1.90. The number of nitrogens with two attached hydrogens (primary N) is 1. The van der Waals surface area contributed by atoms with Crippen LogP contribution < -0.4 is 5.73 Å². The molecule has 2 N–H and O–H groups in total. The van der Waals surface area contributed by atoms with Crippen LogP contribution in [0.5, 0.6) is 0 Å². The normalized spacial score (nSPS) is 40.0. The maximum Gasteiger partial charge on any atom is 0.132 e. The molecule has 1 aromatic heterocycles. The number of hydrogen-bond acceptors (Lipinski definition) is 3. The molecule has 0 amide bonds. The number of nitrogens with zero attached hydrogens (tertiary/aromatic N) is 2. The molecular formula is C17H25N3. The van der Waals surface area contributed by atoms with Gasteiger partial charge in [-0.1, -0.05) is 0 Å². The fourth-order valence-electron chi connectivity index (χ4n) is 5.45. The van der Waals surface area contributed by atoms with Crippen LogP contribution in [0, 0.1) is 30.6 Å². The van der Waals surface area contributed by atoms with Crippen molar-refractivity contribution in [3.63, 3.8) is 0 Å². The fraction of sp³-hybridized carbons (Fsp3) is 0.765. The lowest BCUT2D eigenvalue weighted by Gasteiger charge is -2.53. The van der Waals surface area contributed by atoms with E-state index in [0.29, 0.717) is 5.92 Å². The van der Waals surface area contributed by atoms with Gasteiger partial charge in [-0.3, -0.25) is 0 Å². The Labute approximate surface area is 121 Å². The fourth-order valence-corrected chi connectivity index (χ4v) is 5.45. The molecule has 5 rings (SSSR count). The van der Waals surface area contributed by atoms with Crippen LogP contribution >= 0.6 is 0 Å². The van der Waals surface area contributed by atoms with Crippen LogP contribution in [-0.2, 0) is 0 Å². The summed E-state index contributed by atoms with van der Waals surface area (Å²) < 4.78 is 0. The molecule has 0 aromatic carbocycles. The minimum absolute atomic E-state index is 0.0301. The minimum atomic E-state index is 0.0301. The quantitative estimate of drug-likeness (QED) is 0.897. The van der Waals surface area contributed by atoms with Crippen molar-refractivity contribution in [2.45, 2.75) is 57.9 Å². The van der Waals surface area contributed by atoms with Gasteiger partial charge in [0.05, 0.1) is 0 Å². The average Bonchev–Trinajstić information content (AvgIpc) is 2.37. The van der Waals surface area contributed by atoms with Gasteiger partial charge in [-0.25, -0.2) is 9.97 Å². The van der Waals surface area contributed by atoms with Crippen LogP contribution in [0.15, 0.2) is 6.20 Å². The zero-order valence-corrected chi connectivity index (χ0v) is 12.5. The highest BCUT2D eigenvalue weighted by Gasteiger charge is 2.49. The Morgan fingerprint density at radius 3 is 2.20 bits per heavy atom. The van der Waals surface area contributed by atoms with Crippen LogP contribution in [-0.4, -0.2) is 9.97 Å². The predicted molar refractivity (Wildman–Crippen MR) is 79.2 cm³/mol. The van der Waals surface area contributed by atoms with E-state index in [-0.39, 0.29) is 6.04 Å². The number of hydrogen-bond donors (Lipinski definition) is 1. The Bertz CT molecular complexity index is 495. The van der Waals surface area contributed by atoms with Gasteiger partial charge in [0.1, 0.15) is 5.82 Å². The monoisotopic (exact) mass is 271 g/mol. The van der Waals surface area contributed by atoms with E-state index >= 15 is 0 Å². The van der Waals surface area contributed by atoms with Crippen molar-refractivity contribution in [2.75, 3.05) is 0 Å². The SMILES string of the molecule is Cc1nc(C2C3CC4CC(C3)CC2C4)ncc1C(C)N. The summed E-state index contributed by atoms with van der Waals surface area (Å²) in [5, 5.41) is 0. The second kappa shape index (κ2) is 4.52. The van der Waals surface area contributed by atoms with E-state index in [4.69, 9.17) is 15.7 Å². The third-order valence-electron chi connectivity index (χ3n) is 6.05. The molecule has 0 spiro atoms. The van der Waals surface area contributed by atoms with Crippen LogP contribution in [0.3, 0.4) is 0 Å². The standard InChI is InChI=1S/C17H25N3/c1-9(18)15-8-19-17(20-10(15)2)16-13-4-11-3-12(6-13)7-14(16)5-11/h8-9,11-14,16H,3-7,18H2,1-2H3. The van der Waals surface area contributed by atoms with Crippen molar-refractivity contribution in [1.82, 2.24) is 9.97 Å². The first-order valence-electron chi connectivity index (χ1n) is 8.20. The topological polar surface area (TPSA) is 51.8 Å². The van der Waals surface area contributed by atoms with E-state index in [1.807, 2.05) is 13.1 Å². The number of aromatic nitrogens is 2. The molecule has 4 aliphatic rings. The molecular weight excluding hydrogens is 246 g/mol. The Morgan fingerprint density at radius 1 is 1.10 bits per heavy atom. The lowest BCUT2D eigenvalue weighted by Crippen LogP contribution is -2.44. The van der Waals surface area contributed by atoms with Gasteiger partial charge in [-0.2, -0.15) is 0 Å². The number of aryl methyl sites for hydroxylation is 1. The van der Waals surface area contributed by atoms with Crippen LogP contribution in [0.1, 0.15) is 68.1 Å². The smallest absolute Gasteiger partial charge is 0.132 e. The molecule has 1 heterocycles. The molecule has 3 heteroatoms. The molecule has 0 saturated heterocycles. The Balaban J connectivity index is 1.66. The molecule has 3 nitrogen and oxygen atoms in total. The van der Waals surface area contributed by atoms with Gasteiger partial charge < -0.3 is 5.73 Å². The predicted octanol–water partition coefficient (Wildman–Crippen LogP) is 3.34. The van der Waals surface area contributed by atoms with E-state index in [1.54, 1.807) is 0 Å². The average molecular weight is 271 g/mol. The molecule has 4 saturated carbocycles. The first kappa shape index (κ1) is 12.8. The van der Waals surface area contributed by atoms with Crippen molar-refractivity contribution in [1.29, 1.82) is 0 Å². The van der Waals surface area contributed by atoms with Gasteiger partial charge in [-0.15, -0.1) is 0 Å². The summed E-state index contributed by atoms with van der Waals surface area (Å²) in [7, 11) is 0. The van der Waals surface area contributed by atoms with Crippen LogP contribution in [0.25, 0.3) is 0 Å². The van der Waals surface area contributed by atoms with Gasteiger partial charge in [0.15, 0.2) is 0 Å². The molecule has 4 aliphatic carbocycles. The van der Waals surface area contributed by atoms with Gasteiger partial charge in [0, 0.05) is 29.4 Å².